The number of hydrogen-bond donors (Lipinski definition) is 0. The number of aromatic nitrogens is 2. The van der Waals surface area contributed by atoms with Crippen molar-refractivity contribution in [3.8, 4) is 6.07 Å². The highest BCUT2D eigenvalue weighted by atomic mass is 35.5. The summed E-state index contributed by atoms with van der Waals surface area (Å²) in [6.07, 6.45) is -3.28. The van der Waals surface area contributed by atoms with Gasteiger partial charge >= 0.3 is 12.4 Å². The lowest BCUT2D eigenvalue weighted by Crippen LogP contribution is -2.10. The minimum absolute atomic E-state index is 0.0279. The molecule has 4 nitrogen and oxygen atoms in total. The first-order valence-corrected chi connectivity index (χ1v) is 28.3. The molecule has 7 rings (SSSR count). The molecule has 14 heteroatoms. The monoisotopic (exact) mass is 1190 g/mol. The van der Waals surface area contributed by atoms with Crippen molar-refractivity contribution >= 4 is 17.3 Å². The molecule has 0 aliphatic rings. The fourth-order valence-corrected chi connectivity index (χ4v) is 8.24. The number of alkyl halides is 6. The zero-order chi connectivity index (χ0) is 64.6. The number of rotatable bonds is 7. The van der Waals surface area contributed by atoms with E-state index in [0.29, 0.717) is 51.5 Å². The van der Waals surface area contributed by atoms with Crippen molar-refractivity contribution in [2.75, 3.05) is 0 Å². The van der Waals surface area contributed by atoms with E-state index >= 15 is 0 Å². The molecule has 0 saturated heterocycles. The van der Waals surface area contributed by atoms with Gasteiger partial charge in [0.15, 0.2) is 0 Å². The Morgan fingerprint density at radius 3 is 1.42 bits per heavy atom. The summed E-state index contributed by atoms with van der Waals surface area (Å²) in [4.78, 5) is 11.1. The van der Waals surface area contributed by atoms with Gasteiger partial charge in [-0.15, -0.1) is 0 Å². The third-order valence-electron chi connectivity index (χ3n) is 12.8. The first-order valence-electron chi connectivity index (χ1n) is 27.9. The summed E-state index contributed by atoms with van der Waals surface area (Å²) in [5, 5.41) is 9.73. The molecule has 0 spiro atoms. The second kappa shape index (κ2) is 35.4. The van der Waals surface area contributed by atoms with Crippen LogP contribution in [0.15, 0.2) is 122 Å². The molecule has 1 heterocycles. The summed E-state index contributed by atoms with van der Waals surface area (Å²) < 4.78 is 114. The molecule has 454 valence electrons. The average Bonchev–Trinajstić information content (AvgIpc) is 3.48. The van der Waals surface area contributed by atoms with Crippen molar-refractivity contribution in [3.05, 3.63) is 239 Å². The Bertz CT molecular complexity index is 3220. The average molecular weight is 1190 g/mol. The normalized spacial score (nSPS) is 10.9. The standard InChI is InChI=1S/2C11H13F3.C11H13N.C10H13Cl.C10H12F2.C10H10FN.C7H10N2/c1-7(2)9-4-8(3)5-10(6-9)11(12,13)14;1-7(2)9-5-4-8(3)6-10(9)11(12,13)14;1-8(2)11-5-4-9(3)6-10(11)7-12;1-7(2)9-5-4-8(3)6-10(9)11;1-6(2)8-5-9(11)7(3)4-10(8)12;1-7(2)8-4-5-9(11)10(6-8)12-3;1-6(2)7-5-8-3-4-9-7/h2*4-7H,1-3H3;4-6,8H,1-3H3;4-7H,1-3H3;4-6H,1-3H3;4-7H,1-2H3;3-6H,1-2H3. The zero-order valence-electron chi connectivity index (χ0n) is 52.2. The zero-order valence-corrected chi connectivity index (χ0v) is 52.9. The van der Waals surface area contributed by atoms with Gasteiger partial charge in [-0.3, -0.25) is 9.97 Å². The summed E-state index contributed by atoms with van der Waals surface area (Å²) >= 11 is 6.02. The molecule has 0 bridgehead atoms. The first-order chi connectivity index (χ1) is 38.9. The fraction of sp³-hybridized carbons (Fsp3) is 0.400. The summed E-state index contributed by atoms with van der Waals surface area (Å²) in [7, 11) is 0. The number of aryl methyl sites for hydroxylation is 5. The van der Waals surface area contributed by atoms with E-state index in [-0.39, 0.29) is 35.1 Å². The van der Waals surface area contributed by atoms with Gasteiger partial charge < -0.3 is 0 Å². The molecule has 84 heavy (non-hydrogen) atoms. The molecule has 0 radical (unpaired) electrons. The topological polar surface area (TPSA) is 53.9 Å². The summed E-state index contributed by atoms with van der Waals surface area (Å²) in [5.74, 6) is 0.731. The Labute approximate surface area is 500 Å². The van der Waals surface area contributed by atoms with Crippen molar-refractivity contribution in [3.63, 3.8) is 0 Å². The van der Waals surface area contributed by atoms with Crippen LogP contribution in [0.2, 0.25) is 5.02 Å². The van der Waals surface area contributed by atoms with Gasteiger partial charge in [0.2, 0.25) is 5.69 Å². The minimum Gasteiger partial charge on any atom is -0.261 e. The lowest BCUT2D eigenvalue weighted by Gasteiger charge is -2.15. The van der Waals surface area contributed by atoms with Gasteiger partial charge in [-0.2, -0.15) is 31.6 Å². The Morgan fingerprint density at radius 1 is 0.476 bits per heavy atom. The Kier molecular flexibility index (Phi) is 31.6. The van der Waals surface area contributed by atoms with Crippen LogP contribution in [0.1, 0.15) is 222 Å². The molecule has 0 atom stereocenters. The lowest BCUT2D eigenvalue weighted by atomic mass is 9.95. The lowest BCUT2D eigenvalue weighted by molar-refractivity contribution is -0.138. The first kappa shape index (κ1) is 75.1. The molecule has 7 aromatic rings. The number of halogens is 10. The highest BCUT2D eigenvalue weighted by Gasteiger charge is 2.34. The molecule has 0 aliphatic heterocycles. The SMILES string of the molecule is CC(C)c1cnccn1.Cc1cc(C(C)C)cc(C(F)(F)F)c1.Cc1cc(F)c(C(C)C)cc1F.Cc1ccc(C(C)C)c(C#N)c1.Cc1ccc(C(C)C)c(C(F)(F)F)c1.Cc1ccc(C(C)C)c(Cl)c1.[C-]#[N+]c1cc(C(C)C)ccc1F. The van der Waals surface area contributed by atoms with Gasteiger partial charge in [-0.25, -0.2) is 18.0 Å². The van der Waals surface area contributed by atoms with Crippen molar-refractivity contribution < 1.29 is 39.5 Å². The van der Waals surface area contributed by atoms with Crippen LogP contribution < -0.4 is 0 Å². The van der Waals surface area contributed by atoms with Crippen LogP contribution in [-0.2, 0) is 12.4 Å². The van der Waals surface area contributed by atoms with Crippen LogP contribution in [0.5, 0.6) is 0 Å². The van der Waals surface area contributed by atoms with E-state index in [1.165, 1.54) is 47.5 Å². The second-order valence-electron chi connectivity index (χ2n) is 22.6. The molecule has 0 aliphatic carbocycles. The Morgan fingerprint density at radius 2 is 0.988 bits per heavy atom. The predicted molar refractivity (Wildman–Crippen MR) is 329 cm³/mol. The molecule has 6 aromatic carbocycles. The molecule has 0 N–H and O–H groups in total. The molecular weight excluding hydrogens is 1100 g/mol. The number of hydrogen-bond acceptors (Lipinski definition) is 3. The van der Waals surface area contributed by atoms with Crippen LogP contribution in [0.4, 0.5) is 45.2 Å². The van der Waals surface area contributed by atoms with Crippen molar-refractivity contribution in [1.29, 1.82) is 5.26 Å². The quantitative estimate of drug-likeness (QED) is 0.118. The number of nitrogens with zero attached hydrogens (tertiary/aromatic N) is 4. The minimum atomic E-state index is -4.24. The van der Waals surface area contributed by atoms with Gasteiger partial charge in [0, 0.05) is 23.6 Å². The Balaban J connectivity index is 0.000000492. The van der Waals surface area contributed by atoms with Crippen molar-refractivity contribution in [2.45, 2.75) is 185 Å². The van der Waals surface area contributed by atoms with Gasteiger partial charge in [0.25, 0.3) is 0 Å². The van der Waals surface area contributed by atoms with Crippen LogP contribution in [0.25, 0.3) is 4.85 Å². The van der Waals surface area contributed by atoms with Crippen LogP contribution >= 0.6 is 11.6 Å². The van der Waals surface area contributed by atoms with E-state index in [1.54, 1.807) is 83.5 Å². The van der Waals surface area contributed by atoms with Crippen LogP contribution in [0, 0.1) is 70.0 Å². The molecular formula is C70H84ClF9N4. The maximum absolute atomic E-state index is 13.1. The molecule has 0 saturated carbocycles. The smallest absolute Gasteiger partial charge is 0.261 e. The second-order valence-corrected chi connectivity index (χ2v) is 23.0. The summed E-state index contributed by atoms with van der Waals surface area (Å²) in [5.41, 5.74) is 9.86. The van der Waals surface area contributed by atoms with Crippen molar-refractivity contribution in [1.82, 2.24) is 9.97 Å². The van der Waals surface area contributed by atoms with Crippen molar-refractivity contribution in [2.24, 2.45) is 0 Å². The van der Waals surface area contributed by atoms with Crippen LogP contribution in [0.3, 0.4) is 0 Å². The highest BCUT2D eigenvalue weighted by Crippen LogP contribution is 2.36. The maximum Gasteiger partial charge on any atom is 0.416 e. The van der Waals surface area contributed by atoms with E-state index in [1.807, 2.05) is 66.7 Å². The predicted octanol–water partition coefficient (Wildman–Crippen LogP) is 23.5. The van der Waals surface area contributed by atoms with E-state index in [9.17, 15) is 39.5 Å². The molecule has 1 aromatic heterocycles. The van der Waals surface area contributed by atoms with E-state index in [0.717, 1.165) is 38.5 Å². The molecule has 0 amide bonds. The molecule has 0 unspecified atom stereocenters. The van der Waals surface area contributed by atoms with Gasteiger partial charge in [-0.05, 0) is 169 Å². The maximum atomic E-state index is 13.1. The van der Waals surface area contributed by atoms with E-state index < -0.39 is 29.3 Å². The third kappa shape index (κ3) is 26.3. The highest BCUT2D eigenvalue weighted by molar-refractivity contribution is 6.31. The summed E-state index contributed by atoms with van der Waals surface area (Å²) in [6, 6.07) is 30.3. The summed E-state index contributed by atoms with van der Waals surface area (Å²) in [6.45, 7) is 43.4. The van der Waals surface area contributed by atoms with E-state index in [2.05, 4.69) is 87.5 Å². The fourth-order valence-electron chi connectivity index (χ4n) is 7.79. The number of benzene rings is 6. The van der Waals surface area contributed by atoms with Gasteiger partial charge in [-0.1, -0.05) is 180 Å². The third-order valence-corrected chi connectivity index (χ3v) is 13.1. The molecule has 0 fully saturated rings. The van der Waals surface area contributed by atoms with Gasteiger partial charge in [0.1, 0.15) is 17.5 Å². The Hall–Kier alpha value is -6.96. The number of nitriles is 1. The largest absolute Gasteiger partial charge is 0.416 e. The van der Waals surface area contributed by atoms with Crippen LogP contribution in [-0.4, -0.2) is 9.97 Å². The van der Waals surface area contributed by atoms with Gasteiger partial charge in [0.05, 0.1) is 35.0 Å². The van der Waals surface area contributed by atoms with E-state index in [4.69, 9.17) is 23.4 Å².